The van der Waals surface area contributed by atoms with Gasteiger partial charge in [0.1, 0.15) is 5.75 Å². The van der Waals surface area contributed by atoms with Crippen molar-refractivity contribution in [1.82, 2.24) is 0 Å². The Morgan fingerprint density at radius 2 is 1.86 bits per heavy atom. The van der Waals surface area contributed by atoms with E-state index < -0.39 is 0 Å². The molecule has 0 aliphatic rings. The molecule has 2 rings (SSSR count). The Morgan fingerprint density at radius 1 is 1.14 bits per heavy atom. The molecule has 0 saturated carbocycles. The van der Waals surface area contributed by atoms with Gasteiger partial charge in [-0.05, 0) is 48.7 Å². The molecule has 0 aliphatic carbocycles. The average molecular weight is 299 g/mol. The Kier molecular flexibility index (Phi) is 5.91. The van der Waals surface area contributed by atoms with E-state index in [2.05, 4.69) is 5.32 Å². The molecule has 108 valence electrons. The summed E-state index contributed by atoms with van der Waals surface area (Å²) < 4.78 is 5.35. The third-order valence-electron chi connectivity index (χ3n) is 2.60. The number of carbonyl (C=O) groups excluding carboxylic acids is 1. The van der Waals surface area contributed by atoms with E-state index >= 15 is 0 Å². The maximum Gasteiger partial charge on any atom is 0.248 e. The van der Waals surface area contributed by atoms with Crippen LogP contribution in [0, 0.1) is 0 Å². The Balaban J connectivity index is 1.83. The highest BCUT2D eigenvalue weighted by molar-refractivity contribution is 8.02. The van der Waals surface area contributed by atoms with E-state index in [9.17, 15) is 4.79 Å². The number of hydrogen-bond acceptors (Lipinski definition) is 3. The predicted octanol–water partition coefficient (Wildman–Crippen LogP) is 4.33. The second kappa shape index (κ2) is 8.17. The molecule has 4 heteroatoms. The second-order valence-corrected chi connectivity index (χ2v) is 5.16. The van der Waals surface area contributed by atoms with E-state index in [4.69, 9.17) is 4.74 Å². The number of anilines is 1. The summed E-state index contributed by atoms with van der Waals surface area (Å²) in [6, 6.07) is 17.2. The van der Waals surface area contributed by atoms with Crippen LogP contribution in [0.3, 0.4) is 0 Å². The van der Waals surface area contributed by atoms with Crippen LogP contribution >= 0.6 is 11.8 Å². The van der Waals surface area contributed by atoms with Gasteiger partial charge in [0.2, 0.25) is 5.91 Å². The van der Waals surface area contributed by atoms with Crippen molar-refractivity contribution >= 4 is 23.4 Å². The largest absolute Gasteiger partial charge is 0.494 e. The molecule has 0 spiro atoms. The molecule has 21 heavy (non-hydrogen) atoms. The lowest BCUT2D eigenvalue weighted by molar-refractivity contribution is -0.111. The highest BCUT2D eigenvalue weighted by Gasteiger charge is 1.98. The lowest BCUT2D eigenvalue weighted by Gasteiger charge is -2.05. The van der Waals surface area contributed by atoms with Crippen molar-refractivity contribution in [2.24, 2.45) is 0 Å². The minimum atomic E-state index is -0.150. The van der Waals surface area contributed by atoms with Crippen LogP contribution in [0.15, 0.2) is 71.0 Å². The van der Waals surface area contributed by atoms with Gasteiger partial charge < -0.3 is 10.1 Å². The summed E-state index contributed by atoms with van der Waals surface area (Å²) >= 11 is 1.51. The molecule has 1 N–H and O–H groups in total. The van der Waals surface area contributed by atoms with Crippen molar-refractivity contribution in [3.05, 3.63) is 66.1 Å². The molecule has 0 aromatic heterocycles. The first-order chi connectivity index (χ1) is 10.3. The molecule has 2 aromatic rings. The molecule has 0 atom stereocenters. The molecular weight excluding hydrogens is 282 g/mol. The lowest BCUT2D eigenvalue weighted by atomic mass is 10.3. The molecule has 0 aliphatic heterocycles. The van der Waals surface area contributed by atoms with E-state index in [0.717, 1.165) is 16.3 Å². The van der Waals surface area contributed by atoms with Gasteiger partial charge in [0.05, 0.1) is 6.61 Å². The number of rotatable bonds is 6. The zero-order valence-corrected chi connectivity index (χ0v) is 12.6. The SMILES string of the molecule is CCOc1ccc(NC(=O)C=CSc2ccccc2)cc1. The van der Waals surface area contributed by atoms with Crippen LogP contribution in [0.2, 0.25) is 0 Å². The van der Waals surface area contributed by atoms with Gasteiger partial charge in [0.15, 0.2) is 0 Å². The fourth-order valence-corrected chi connectivity index (χ4v) is 2.32. The van der Waals surface area contributed by atoms with Gasteiger partial charge in [-0.3, -0.25) is 4.79 Å². The zero-order valence-electron chi connectivity index (χ0n) is 11.8. The summed E-state index contributed by atoms with van der Waals surface area (Å²) in [5.74, 6) is 0.647. The molecule has 0 radical (unpaired) electrons. The summed E-state index contributed by atoms with van der Waals surface area (Å²) in [7, 11) is 0. The fraction of sp³-hybridized carbons (Fsp3) is 0.118. The molecule has 1 amide bonds. The van der Waals surface area contributed by atoms with Gasteiger partial charge in [-0.25, -0.2) is 0 Å². The number of nitrogens with one attached hydrogen (secondary N) is 1. The molecule has 3 nitrogen and oxygen atoms in total. The molecule has 2 aromatic carbocycles. The second-order valence-electron chi connectivity index (χ2n) is 4.18. The predicted molar refractivity (Wildman–Crippen MR) is 87.7 cm³/mol. The van der Waals surface area contributed by atoms with Gasteiger partial charge in [-0.15, -0.1) is 0 Å². The highest BCUT2D eigenvalue weighted by atomic mass is 32.2. The van der Waals surface area contributed by atoms with E-state index in [-0.39, 0.29) is 5.91 Å². The standard InChI is InChI=1S/C17H17NO2S/c1-2-20-15-10-8-14(9-11-15)18-17(19)12-13-21-16-6-4-3-5-7-16/h3-13H,2H2,1H3,(H,18,19). The minimum absolute atomic E-state index is 0.150. The average Bonchev–Trinajstić information content (AvgIpc) is 2.51. The third-order valence-corrected chi connectivity index (χ3v) is 3.42. The van der Waals surface area contributed by atoms with Gasteiger partial charge in [-0.1, -0.05) is 30.0 Å². The Labute approximate surface area is 129 Å². The number of ether oxygens (including phenoxy) is 1. The molecule has 0 heterocycles. The van der Waals surface area contributed by atoms with Gasteiger partial charge >= 0.3 is 0 Å². The van der Waals surface area contributed by atoms with Crippen LogP contribution in [-0.2, 0) is 4.79 Å². The van der Waals surface area contributed by atoms with Crippen molar-refractivity contribution in [2.75, 3.05) is 11.9 Å². The summed E-state index contributed by atoms with van der Waals surface area (Å²) in [4.78, 5) is 12.9. The quantitative estimate of drug-likeness (QED) is 0.637. The van der Waals surface area contributed by atoms with Gasteiger partial charge in [0.25, 0.3) is 0 Å². The summed E-state index contributed by atoms with van der Waals surface area (Å²) in [6.45, 7) is 2.57. The van der Waals surface area contributed by atoms with Gasteiger partial charge in [0, 0.05) is 16.7 Å². The van der Waals surface area contributed by atoms with Crippen LogP contribution in [0.1, 0.15) is 6.92 Å². The van der Waals surface area contributed by atoms with Crippen LogP contribution in [-0.4, -0.2) is 12.5 Å². The number of thioether (sulfide) groups is 1. The first kappa shape index (κ1) is 15.2. The smallest absolute Gasteiger partial charge is 0.248 e. The Morgan fingerprint density at radius 3 is 2.52 bits per heavy atom. The first-order valence-corrected chi connectivity index (χ1v) is 7.58. The zero-order chi connectivity index (χ0) is 14.9. The lowest BCUT2D eigenvalue weighted by Crippen LogP contribution is -2.07. The number of amides is 1. The van der Waals surface area contributed by atoms with Crippen LogP contribution in [0.4, 0.5) is 5.69 Å². The summed E-state index contributed by atoms with van der Waals surface area (Å²) in [5, 5.41) is 4.58. The maximum absolute atomic E-state index is 11.8. The number of benzene rings is 2. The third kappa shape index (κ3) is 5.36. The Hall–Kier alpha value is -2.20. The fourth-order valence-electron chi connectivity index (χ4n) is 1.66. The monoisotopic (exact) mass is 299 g/mol. The Bertz CT molecular complexity index is 594. The topological polar surface area (TPSA) is 38.3 Å². The molecule has 0 bridgehead atoms. The maximum atomic E-state index is 11.8. The number of carbonyl (C=O) groups is 1. The molecule has 0 saturated heterocycles. The summed E-state index contributed by atoms with van der Waals surface area (Å²) in [6.07, 6.45) is 1.52. The van der Waals surface area contributed by atoms with Crippen molar-refractivity contribution in [1.29, 1.82) is 0 Å². The van der Waals surface area contributed by atoms with Crippen LogP contribution in [0.5, 0.6) is 5.75 Å². The first-order valence-electron chi connectivity index (χ1n) is 6.70. The highest BCUT2D eigenvalue weighted by Crippen LogP contribution is 2.18. The molecular formula is C17H17NO2S. The van der Waals surface area contributed by atoms with E-state index in [1.165, 1.54) is 17.8 Å². The molecule has 0 fully saturated rings. The number of hydrogen-bond donors (Lipinski definition) is 1. The van der Waals surface area contributed by atoms with Crippen molar-refractivity contribution in [2.45, 2.75) is 11.8 Å². The summed E-state index contributed by atoms with van der Waals surface area (Å²) in [5.41, 5.74) is 0.748. The molecule has 0 unspecified atom stereocenters. The van der Waals surface area contributed by atoms with E-state index in [1.54, 1.807) is 5.41 Å². The normalized spacial score (nSPS) is 10.5. The van der Waals surface area contributed by atoms with E-state index in [0.29, 0.717) is 6.61 Å². The van der Waals surface area contributed by atoms with Crippen LogP contribution < -0.4 is 10.1 Å². The van der Waals surface area contributed by atoms with Crippen molar-refractivity contribution in [3.63, 3.8) is 0 Å². The van der Waals surface area contributed by atoms with Crippen molar-refractivity contribution < 1.29 is 9.53 Å². The van der Waals surface area contributed by atoms with Crippen molar-refractivity contribution in [3.8, 4) is 5.75 Å². The van der Waals surface area contributed by atoms with E-state index in [1.807, 2.05) is 61.5 Å². The minimum Gasteiger partial charge on any atom is -0.494 e. The van der Waals surface area contributed by atoms with Gasteiger partial charge in [-0.2, -0.15) is 0 Å². The van der Waals surface area contributed by atoms with Crippen LogP contribution in [0.25, 0.3) is 0 Å².